The molecule has 5 nitrogen and oxygen atoms in total. The summed E-state index contributed by atoms with van der Waals surface area (Å²) in [7, 11) is 1.62. The fraction of sp³-hybridized carbons (Fsp3) is 0.467. The van der Waals surface area contributed by atoms with Crippen LogP contribution >= 0.6 is 11.6 Å². The first-order valence-corrected chi connectivity index (χ1v) is 7.58. The van der Waals surface area contributed by atoms with Gasteiger partial charge in [-0.05, 0) is 18.6 Å². The van der Waals surface area contributed by atoms with E-state index in [1.54, 1.807) is 7.11 Å². The SMILES string of the molecule is CCCNC(=O)Cn1c(CCCl)nc2ccc(OC)cc21. The summed E-state index contributed by atoms with van der Waals surface area (Å²) in [6.07, 6.45) is 1.54. The smallest absolute Gasteiger partial charge is 0.240 e. The van der Waals surface area contributed by atoms with E-state index in [0.717, 1.165) is 29.0 Å². The number of hydrogen-bond donors (Lipinski definition) is 1. The Morgan fingerprint density at radius 2 is 2.29 bits per heavy atom. The van der Waals surface area contributed by atoms with E-state index in [1.807, 2.05) is 29.7 Å². The van der Waals surface area contributed by atoms with E-state index in [1.165, 1.54) is 0 Å². The Kier molecular flexibility index (Phi) is 5.44. The molecule has 0 saturated carbocycles. The highest BCUT2D eigenvalue weighted by molar-refractivity contribution is 6.17. The van der Waals surface area contributed by atoms with Gasteiger partial charge >= 0.3 is 0 Å². The Hall–Kier alpha value is -1.75. The molecule has 6 heteroatoms. The second kappa shape index (κ2) is 7.31. The van der Waals surface area contributed by atoms with Gasteiger partial charge in [0.25, 0.3) is 0 Å². The Labute approximate surface area is 129 Å². The zero-order valence-electron chi connectivity index (χ0n) is 12.4. The van der Waals surface area contributed by atoms with E-state index < -0.39 is 0 Å². The first kappa shape index (κ1) is 15.6. The van der Waals surface area contributed by atoms with E-state index in [2.05, 4.69) is 10.3 Å². The molecular formula is C15H20ClN3O2. The number of rotatable bonds is 7. The lowest BCUT2D eigenvalue weighted by molar-refractivity contribution is -0.121. The summed E-state index contributed by atoms with van der Waals surface area (Å²) in [6.45, 7) is 2.95. The highest BCUT2D eigenvalue weighted by Crippen LogP contribution is 2.22. The first-order chi connectivity index (χ1) is 10.2. The van der Waals surface area contributed by atoms with Crippen LogP contribution in [0.15, 0.2) is 18.2 Å². The van der Waals surface area contributed by atoms with E-state index in [4.69, 9.17) is 16.3 Å². The van der Waals surface area contributed by atoms with Crippen molar-refractivity contribution in [1.29, 1.82) is 0 Å². The third-order valence-corrected chi connectivity index (χ3v) is 3.42. The summed E-state index contributed by atoms with van der Waals surface area (Å²) >= 11 is 5.84. The molecule has 0 saturated heterocycles. The number of methoxy groups -OCH3 is 1. The number of aromatic nitrogens is 2. The van der Waals surface area contributed by atoms with Crippen molar-refractivity contribution in [3.63, 3.8) is 0 Å². The molecule has 0 bridgehead atoms. The number of benzene rings is 1. The van der Waals surface area contributed by atoms with Gasteiger partial charge in [0, 0.05) is 24.9 Å². The molecule has 0 fully saturated rings. The predicted octanol–water partition coefficient (Wildman–Crippen LogP) is 2.35. The van der Waals surface area contributed by atoms with E-state index >= 15 is 0 Å². The largest absolute Gasteiger partial charge is 0.497 e. The minimum Gasteiger partial charge on any atom is -0.497 e. The van der Waals surface area contributed by atoms with Crippen molar-refractivity contribution in [2.24, 2.45) is 0 Å². The van der Waals surface area contributed by atoms with Gasteiger partial charge in [-0.1, -0.05) is 6.92 Å². The monoisotopic (exact) mass is 309 g/mol. The number of halogens is 1. The first-order valence-electron chi connectivity index (χ1n) is 7.05. The number of ether oxygens (including phenoxy) is 1. The molecule has 0 unspecified atom stereocenters. The van der Waals surface area contributed by atoms with Crippen molar-refractivity contribution in [3.8, 4) is 5.75 Å². The summed E-state index contributed by atoms with van der Waals surface area (Å²) in [4.78, 5) is 16.6. The molecule has 0 aliphatic carbocycles. The topological polar surface area (TPSA) is 56.2 Å². The maximum absolute atomic E-state index is 12.0. The average Bonchev–Trinajstić information content (AvgIpc) is 2.82. The van der Waals surface area contributed by atoms with Crippen molar-refractivity contribution in [2.75, 3.05) is 19.5 Å². The van der Waals surface area contributed by atoms with Gasteiger partial charge < -0.3 is 14.6 Å². The van der Waals surface area contributed by atoms with Crippen LogP contribution in [-0.2, 0) is 17.8 Å². The van der Waals surface area contributed by atoms with Gasteiger partial charge in [0.05, 0.1) is 18.1 Å². The Bertz CT molecular complexity index is 625. The predicted molar refractivity (Wildman–Crippen MR) is 84.0 cm³/mol. The second-order valence-electron chi connectivity index (χ2n) is 4.76. The molecule has 0 spiro atoms. The third-order valence-electron chi connectivity index (χ3n) is 3.23. The molecule has 0 atom stereocenters. The second-order valence-corrected chi connectivity index (χ2v) is 5.14. The van der Waals surface area contributed by atoms with Gasteiger partial charge in [-0.25, -0.2) is 4.98 Å². The van der Waals surface area contributed by atoms with Crippen LogP contribution in [-0.4, -0.2) is 35.0 Å². The summed E-state index contributed by atoms with van der Waals surface area (Å²) in [5.41, 5.74) is 1.74. The summed E-state index contributed by atoms with van der Waals surface area (Å²) in [5, 5.41) is 2.88. The maximum atomic E-state index is 12.0. The molecule has 1 heterocycles. The number of amides is 1. The lowest BCUT2D eigenvalue weighted by Gasteiger charge is -2.09. The maximum Gasteiger partial charge on any atom is 0.240 e. The highest BCUT2D eigenvalue weighted by Gasteiger charge is 2.14. The normalized spacial score (nSPS) is 10.8. The fourth-order valence-corrected chi connectivity index (χ4v) is 2.36. The summed E-state index contributed by atoms with van der Waals surface area (Å²) < 4.78 is 7.16. The van der Waals surface area contributed by atoms with Crippen LogP contribution in [0.5, 0.6) is 5.75 Å². The molecule has 1 aromatic carbocycles. The average molecular weight is 310 g/mol. The van der Waals surface area contributed by atoms with Crippen molar-refractivity contribution >= 4 is 28.5 Å². The van der Waals surface area contributed by atoms with Crippen LogP contribution in [0.4, 0.5) is 0 Å². The number of imidazole rings is 1. The number of carbonyl (C=O) groups is 1. The number of nitrogens with one attached hydrogen (secondary N) is 1. The molecule has 2 aromatic rings. The Morgan fingerprint density at radius 3 is 2.95 bits per heavy atom. The van der Waals surface area contributed by atoms with E-state index in [-0.39, 0.29) is 12.5 Å². The van der Waals surface area contributed by atoms with E-state index in [0.29, 0.717) is 18.8 Å². The lowest BCUT2D eigenvalue weighted by Crippen LogP contribution is -2.28. The number of carbonyl (C=O) groups excluding carboxylic acids is 1. The fourth-order valence-electron chi connectivity index (χ4n) is 2.20. The number of alkyl halides is 1. The number of hydrogen-bond acceptors (Lipinski definition) is 3. The molecule has 1 aromatic heterocycles. The van der Waals surface area contributed by atoms with Crippen molar-refractivity contribution in [3.05, 3.63) is 24.0 Å². The number of nitrogens with zero attached hydrogens (tertiary/aromatic N) is 2. The van der Waals surface area contributed by atoms with Gasteiger partial charge in [-0.2, -0.15) is 0 Å². The van der Waals surface area contributed by atoms with Crippen molar-refractivity contribution in [2.45, 2.75) is 26.3 Å². The van der Waals surface area contributed by atoms with E-state index in [9.17, 15) is 4.79 Å². The third kappa shape index (κ3) is 3.67. The number of fused-ring (bicyclic) bond motifs is 1. The molecule has 114 valence electrons. The molecular weight excluding hydrogens is 290 g/mol. The Morgan fingerprint density at radius 1 is 1.48 bits per heavy atom. The molecule has 0 aliphatic rings. The van der Waals surface area contributed by atoms with Gasteiger partial charge in [-0.3, -0.25) is 4.79 Å². The minimum atomic E-state index is -0.0187. The van der Waals surface area contributed by atoms with Gasteiger partial charge in [-0.15, -0.1) is 11.6 Å². The molecule has 1 N–H and O–H groups in total. The molecule has 2 rings (SSSR count). The van der Waals surface area contributed by atoms with Gasteiger partial charge in [0.1, 0.15) is 18.1 Å². The van der Waals surface area contributed by atoms with Crippen LogP contribution in [0, 0.1) is 0 Å². The minimum absolute atomic E-state index is 0.0187. The van der Waals surface area contributed by atoms with Crippen molar-refractivity contribution in [1.82, 2.24) is 14.9 Å². The quantitative estimate of drug-likeness (QED) is 0.799. The molecule has 1 amide bonds. The standard InChI is InChI=1S/C15H20ClN3O2/c1-3-8-17-15(20)10-19-13-9-11(21-2)4-5-12(13)18-14(19)6-7-16/h4-5,9H,3,6-8,10H2,1-2H3,(H,17,20). The van der Waals surface area contributed by atoms with Gasteiger partial charge in [0.15, 0.2) is 0 Å². The van der Waals surface area contributed by atoms with Crippen LogP contribution in [0.1, 0.15) is 19.2 Å². The zero-order valence-corrected chi connectivity index (χ0v) is 13.1. The highest BCUT2D eigenvalue weighted by atomic mass is 35.5. The Balaban J connectivity index is 2.36. The molecule has 0 radical (unpaired) electrons. The van der Waals surface area contributed by atoms with Gasteiger partial charge in [0.2, 0.25) is 5.91 Å². The lowest BCUT2D eigenvalue weighted by atomic mass is 10.3. The molecule has 21 heavy (non-hydrogen) atoms. The van der Waals surface area contributed by atoms with Crippen LogP contribution in [0.25, 0.3) is 11.0 Å². The molecule has 0 aliphatic heterocycles. The van der Waals surface area contributed by atoms with Crippen molar-refractivity contribution < 1.29 is 9.53 Å². The number of aryl methyl sites for hydroxylation is 1. The van der Waals surface area contributed by atoms with Crippen LogP contribution in [0.3, 0.4) is 0 Å². The summed E-state index contributed by atoms with van der Waals surface area (Å²) in [6, 6.07) is 5.65. The van der Waals surface area contributed by atoms with Crippen LogP contribution in [0.2, 0.25) is 0 Å². The zero-order chi connectivity index (χ0) is 15.2. The summed E-state index contributed by atoms with van der Waals surface area (Å²) in [5.74, 6) is 2.02. The van der Waals surface area contributed by atoms with Crippen LogP contribution < -0.4 is 10.1 Å².